The van der Waals surface area contributed by atoms with Crippen molar-refractivity contribution in [3.05, 3.63) is 93.3 Å². The molecule has 0 spiro atoms. The third kappa shape index (κ3) is 3.73. The van der Waals surface area contributed by atoms with Gasteiger partial charge >= 0.3 is 0 Å². The summed E-state index contributed by atoms with van der Waals surface area (Å²) in [5.41, 5.74) is 3.86. The van der Waals surface area contributed by atoms with E-state index in [2.05, 4.69) is 0 Å². The first-order valence-corrected chi connectivity index (χ1v) is 9.98. The highest BCUT2D eigenvalue weighted by Crippen LogP contribution is 2.30. The second kappa shape index (κ2) is 8.00. The van der Waals surface area contributed by atoms with E-state index in [0.717, 1.165) is 22.1 Å². The lowest BCUT2D eigenvalue weighted by molar-refractivity contribution is 0.0685. The third-order valence-electron chi connectivity index (χ3n) is 5.37. The zero-order valence-electron chi connectivity index (χ0n) is 17.0. The van der Waals surface area contributed by atoms with Gasteiger partial charge in [-0.2, -0.15) is 0 Å². The van der Waals surface area contributed by atoms with E-state index in [-0.39, 0.29) is 35.3 Å². The van der Waals surface area contributed by atoms with Crippen LogP contribution in [-0.2, 0) is 13.1 Å². The van der Waals surface area contributed by atoms with Gasteiger partial charge in [0.15, 0.2) is 5.76 Å². The maximum atomic E-state index is 14.4. The van der Waals surface area contributed by atoms with Crippen LogP contribution in [0.4, 0.5) is 4.39 Å². The van der Waals surface area contributed by atoms with Crippen LogP contribution in [0.25, 0.3) is 11.0 Å². The molecule has 4 rings (SSSR count). The normalized spacial score (nSPS) is 11.2. The maximum absolute atomic E-state index is 14.4. The van der Waals surface area contributed by atoms with Crippen molar-refractivity contribution < 1.29 is 18.0 Å². The smallest absolute Gasteiger partial charge is 0.290 e. The first-order valence-electron chi connectivity index (χ1n) is 9.60. The minimum Gasteiger partial charge on any atom is -0.467 e. The molecule has 0 bridgehead atoms. The summed E-state index contributed by atoms with van der Waals surface area (Å²) in [5, 5.41) is 1.16. The number of hydrogen-bond acceptors (Lipinski definition) is 3. The Hall–Kier alpha value is -3.05. The molecule has 2 heterocycles. The third-order valence-corrected chi connectivity index (χ3v) is 5.73. The lowest BCUT2D eigenvalue weighted by Gasteiger charge is -2.22. The molecule has 0 saturated heterocycles. The molecule has 0 fully saturated rings. The van der Waals surface area contributed by atoms with Crippen LogP contribution >= 0.6 is 11.6 Å². The minimum absolute atomic E-state index is 0.0143. The van der Waals surface area contributed by atoms with E-state index in [1.165, 1.54) is 23.3 Å². The van der Waals surface area contributed by atoms with Gasteiger partial charge < -0.3 is 13.7 Å². The van der Waals surface area contributed by atoms with Gasteiger partial charge in [0.25, 0.3) is 5.91 Å². The number of carbonyl (C=O) groups is 1. The van der Waals surface area contributed by atoms with E-state index in [9.17, 15) is 9.18 Å². The molecule has 1 amide bonds. The van der Waals surface area contributed by atoms with Crippen LogP contribution in [0, 0.1) is 26.6 Å². The Kier molecular flexibility index (Phi) is 5.39. The lowest BCUT2D eigenvalue weighted by atomic mass is 10.0. The molecule has 0 aliphatic rings. The van der Waals surface area contributed by atoms with Crippen molar-refractivity contribution in [2.24, 2.45) is 0 Å². The molecule has 30 heavy (non-hydrogen) atoms. The molecule has 0 radical (unpaired) electrons. The van der Waals surface area contributed by atoms with Gasteiger partial charge in [0, 0.05) is 21.5 Å². The van der Waals surface area contributed by atoms with Crippen molar-refractivity contribution in [1.82, 2.24) is 4.90 Å². The molecule has 4 nitrogen and oxygen atoms in total. The number of rotatable bonds is 5. The van der Waals surface area contributed by atoms with Crippen molar-refractivity contribution in [2.45, 2.75) is 33.9 Å². The zero-order chi connectivity index (χ0) is 21.4. The zero-order valence-corrected chi connectivity index (χ0v) is 17.7. The summed E-state index contributed by atoms with van der Waals surface area (Å²) < 4.78 is 25.8. The Labute approximate surface area is 178 Å². The highest BCUT2D eigenvalue weighted by Gasteiger charge is 2.26. The van der Waals surface area contributed by atoms with Crippen molar-refractivity contribution in [2.75, 3.05) is 0 Å². The summed E-state index contributed by atoms with van der Waals surface area (Å²) >= 11 is 6.21. The number of halogens is 2. The van der Waals surface area contributed by atoms with Gasteiger partial charge in [-0.05, 0) is 68.3 Å². The van der Waals surface area contributed by atoms with Crippen LogP contribution in [0.5, 0.6) is 0 Å². The van der Waals surface area contributed by atoms with E-state index in [1.54, 1.807) is 18.2 Å². The van der Waals surface area contributed by atoms with Crippen LogP contribution in [0.2, 0.25) is 5.02 Å². The molecule has 0 saturated carbocycles. The molecular weight excluding hydrogens is 405 g/mol. The van der Waals surface area contributed by atoms with Gasteiger partial charge in [0.1, 0.15) is 17.2 Å². The fourth-order valence-electron chi connectivity index (χ4n) is 3.49. The van der Waals surface area contributed by atoms with Gasteiger partial charge in [-0.3, -0.25) is 4.79 Å². The summed E-state index contributed by atoms with van der Waals surface area (Å²) in [6.07, 6.45) is 1.53. The minimum atomic E-state index is -0.465. The molecule has 0 N–H and O–H groups in total. The summed E-state index contributed by atoms with van der Waals surface area (Å²) in [4.78, 5) is 15.0. The Morgan fingerprint density at radius 2 is 1.83 bits per heavy atom. The average molecular weight is 426 g/mol. The predicted octanol–water partition coefficient (Wildman–Crippen LogP) is 6.59. The van der Waals surface area contributed by atoms with E-state index < -0.39 is 5.82 Å². The molecule has 0 aliphatic heterocycles. The van der Waals surface area contributed by atoms with Crippen molar-refractivity contribution in [3.8, 4) is 0 Å². The Balaban J connectivity index is 1.76. The lowest BCUT2D eigenvalue weighted by Crippen LogP contribution is -2.30. The van der Waals surface area contributed by atoms with Gasteiger partial charge in [-0.15, -0.1) is 0 Å². The molecule has 0 unspecified atom stereocenters. The van der Waals surface area contributed by atoms with Crippen LogP contribution in [0.3, 0.4) is 0 Å². The Morgan fingerprint density at radius 3 is 2.53 bits per heavy atom. The first kappa shape index (κ1) is 20.2. The highest BCUT2D eigenvalue weighted by molar-refractivity contribution is 6.31. The second-order valence-corrected chi connectivity index (χ2v) is 7.84. The summed E-state index contributed by atoms with van der Waals surface area (Å²) in [5.74, 6) is -0.00710. The molecule has 2 aromatic heterocycles. The number of fused-ring (bicyclic) bond motifs is 1. The highest BCUT2D eigenvalue weighted by atomic mass is 35.5. The molecule has 4 aromatic rings. The van der Waals surface area contributed by atoms with Gasteiger partial charge in [0.05, 0.1) is 19.4 Å². The van der Waals surface area contributed by atoms with Gasteiger partial charge in [-0.25, -0.2) is 4.39 Å². The van der Waals surface area contributed by atoms with Crippen molar-refractivity contribution in [1.29, 1.82) is 0 Å². The topological polar surface area (TPSA) is 46.6 Å². The number of hydrogen-bond donors (Lipinski definition) is 0. The number of carbonyl (C=O) groups excluding carboxylic acids is 1. The summed E-state index contributed by atoms with van der Waals surface area (Å²) in [6.45, 7) is 6.02. The van der Waals surface area contributed by atoms with Crippen LogP contribution in [0.1, 0.15) is 38.6 Å². The molecular formula is C24H21ClFNO3. The fraction of sp³-hybridized carbons (Fsp3) is 0.208. The SMILES string of the molecule is Cc1cc2oc(C(=O)N(Cc3ccco3)Cc3c(F)cccc3Cl)c(C)c2cc1C. The number of benzene rings is 2. The van der Waals surface area contributed by atoms with E-state index in [4.69, 9.17) is 20.4 Å². The Morgan fingerprint density at radius 1 is 1.07 bits per heavy atom. The molecule has 0 atom stereocenters. The summed E-state index contributed by atoms with van der Waals surface area (Å²) in [6, 6.07) is 11.9. The Bertz CT molecular complexity index is 1210. The van der Waals surface area contributed by atoms with E-state index in [0.29, 0.717) is 11.3 Å². The number of amides is 1. The molecule has 6 heteroatoms. The number of furan rings is 2. The number of aryl methyl sites for hydroxylation is 3. The van der Waals surface area contributed by atoms with Gasteiger partial charge in [0.2, 0.25) is 0 Å². The van der Waals surface area contributed by atoms with E-state index >= 15 is 0 Å². The van der Waals surface area contributed by atoms with Crippen LogP contribution in [0.15, 0.2) is 57.6 Å². The standard InChI is InChI=1S/C24H21ClFNO3/c1-14-10-18-16(3)23(30-22(18)11-15(14)2)24(28)27(12-17-6-5-9-29-17)13-19-20(25)7-4-8-21(19)26/h4-11H,12-13H2,1-3H3. The van der Waals surface area contributed by atoms with Gasteiger partial charge in [-0.1, -0.05) is 17.7 Å². The van der Waals surface area contributed by atoms with Crippen LogP contribution < -0.4 is 0 Å². The van der Waals surface area contributed by atoms with E-state index in [1.807, 2.05) is 32.9 Å². The van der Waals surface area contributed by atoms with Crippen molar-refractivity contribution in [3.63, 3.8) is 0 Å². The van der Waals surface area contributed by atoms with Crippen molar-refractivity contribution >= 4 is 28.5 Å². The van der Waals surface area contributed by atoms with Crippen LogP contribution in [-0.4, -0.2) is 10.8 Å². The number of nitrogens with zero attached hydrogens (tertiary/aromatic N) is 1. The molecule has 2 aromatic carbocycles. The maximum Gasteiger partial charge on any atom is 0.290 e. The monoisotopic (exact) mass is 425 g/mol. The average Bonchev–Trinajstić information content (AvgIpc) is 3.32. The molecule has 154 valence electrons. The largest absolute Gasteiger partial charge is 0.467 e. The molecule has 0 aliphatic carbocycles. The summed E-state index contributed by atoms with van der Waals surface area (Å²) in [7, 11) is 0. The first-order chi connectivity index (χ1) is 14.3. The second-order valence-electron chi connectivity index (χ2n) is 7.43. The quantitative estimate of drug-likeness (QED) is 0.362. The fourth-order valence-corrected chi connectivity index (χ4v) is 3.71. The predicted molar refractivity (Wildman–Crippen MR) is 114 cm³/mol.